The third kappa shape index (κ3) is 7.08. The standard InChI is InChI=1S/C20H33NO7S/c1-5-6-9-26-13-15(3)27-18(22)10-14(2)20(23)28-19-16-7-8-17(19)12-21(11-16)29(4,24)25/h15-17,19H,2,5-13H2,1,3-4H3. The Labute approximate surface area is 173 Å². The molecule has 0 spiro atoms. The fraction of sp³-hybridized carbons (Fsp3) is 0.800. The molecule has 0 amide bonds. The molecule has 0 aromatic rings. The van der Waals surface area contributed by atoms with Crippen LogP contribution in [0.2, 0.25) is 0 Å². The summed E-state index contributed by atoms with van der Waals surface area (Å²) >= 11 is 0. The smallest absolute Gasteiger partial charge is 0.334 e. The van der Waals surface area contributed by atoms with E-state index in [9.17, 15) is 18.0 Å². The van der Waals surface area contributed by atoms with Crippen molar-refractivity contribution in [3.63, 3.8) is 0 Å². The molecule has 0 aromatic heterocycles. The number of fused-ring (bicyclic) bond motifs is 2. The fourth-order valence-electron chi connectivity index (χ4n) is 3.84. The Kier molecular flexibility index (Phi) is 8.66. The van der Waals surface area contributed by atoms with Gasteiger partial charge in [0.25, 0.3) is 0 Å². The Balaban J connectivity index is 1.77. The van der Waals surface area contributed by atoms with Gasteiger partial charge in [-0.3, -0.25) is 4.79 Å². The van der Waals surface area contributed by atoms with Crippen LogP contribution in [0.5, 0.6) is 0 Å². The summed E-state index contributed by atoms with van der Waals surface area (Å²) in [6.45, 7) is 9.12. The molecular formula is C20H33NO7S. The SMILES string of the molecule is C=C(CC(=O)OC(C)COCCCC)C(=O)OC1C2CCC1CN(S(C)(=O)=O)C2. The van der Waals surface area contributed by atoms with Gasteiger partial charge in [-0.05, 0) is 26.2 Å². The van der Waals surface area contributed by atoms with E-state index in [1.807, 2.05) is 0 Å². The van der Waals surface area contributed by atoms with Gasteiger partial charge >= 0.3 is 11.9 Å². The molecule has 2 rings (SSSR count). The van der Waals surface area contributed by atoms with Crippen molar-refractivity contribution in [1.29, 1.82) is 0 Å². The minimum Gasteiger partial charge on any atom is -0.460 e. The Morgan fingerprint density at radius 3 is 2.38 bits per heavy atom. The van der Waals surface area contributed by atoms with Crippen molar-refractivity contribution in [2.45, 2.75) is 58.2 Å². The van der Waals surface area contributed by atoms with Crippen molar-refractivity contribution < 1.29 is 32.2 Å². The lowest BCUT2D eigenvalue weighted by Crippen LogP contribution is -2.48. The van der Waals surface area contributed by atoms with E-state index in [0.29, 0.717) is 26.3 Å². The van der Waals surface area contributed by atoms with Crippen molar-refractivity contribution in [2.75, 3.05) is 32.6 Å². The number of nitrogens with zero attached hydrogens (tertiary/aromatic N) is 1. The van der Waals surface area contributed by atoms with Gasteiger partial charge in [0.2, 0.25) is 10.0 Å². The second-order valence-electron chi connectivity index (χ2n) is 8.06. The van der Waals surface area contributed by atoms with Crippen LogP contribution < -0.4 is 0 Å². The summed E-state index contributed by atoms with van der Waals surface area (Å²) in [5.74, 6) is -1.21. The minimum absolute atomic E-state index is 0.0209. The molecular weight excluding hydrogens is 398 g/mol. The lowest BCUT2D eigenvalue weighted by atomic mass is 9.96. The van der Waals surface area contributed by atoms with E-state index >= 15 is 0 Å². The predicted octanol–water partition coefficient (Wildman–Crippen LogP) is 1.89. The Bertz CT molecular complexity index is 692. The molecule has 1 saturated heterocycles. The van der Waals surface area contributed by atoms with E-state index in [-0.39, 0.29) is 29.9 Å². The first-order valence-corrected chi connectivity index (χ1v) is 12.1. The Morgan fingerprint density at radius 2 is 1.83 bits per heavy atom. The maximum absolute atomic E-state index is 12.4. The average molecular weight is 432 g/mol. The number of carbonyl (C=O) groups is 2. The number of rotatable bonds is 11. The van der Waals surface area contributed by atoms with Gasteiger partial charge in [-0.15, -0.1) is 0 Å². The van der Waals surface area contributed by atoms with Crippen LogP contribution in [-0.4, -0.2) is 69.4 Å². The molecule has 1 aliphatic carbocycles. The van der Waals surface area contributed by atoms with E-state index in [4.69, 9.17) is 14.2 Å². The summed E-state index contributed by atoms with van der Waals surface area (Å²) in [6.07, 6.45) is 3.84. The maximum Gasteiger partial charge on any atom is 0.334 e. The van der Waals surface area contributed by atoms with Gasteiger partial charge in [-0.2, -0.15) is 0 Å². The topological polar surface area (TPSA) is 99.2 Å². The summed E-state index contributed by atoms with van der Waals surface area (Å²) in [5, 5.41) is 0. The summed E-state index contributed by atoms with van der Waals surface area (Å²) in [4.78, 5) is 24.4. The molecule has 0 N–H and O–H groups in total. The lowest BCUT2D eigenvalue weighted by Gasteiger charge is -2.36. The maximum atomic E-state index is 12.4. The van der Waals surface area contributed by atoms with Crippen LogP contribution in [0, 0.1) is 11.8 Å². The van der Waals surface area contributed by atoms with Crippen LogP contribution in [0.4, 0.5) is 0 Å². The molecule has 1 heterocycles. The molecule has 3 atom stereocenters. The Morgan fingerprint density at radius 1 is 1.21 bits per heavy atom. The van der Waals surface area contributed by atoms with Crippen molar-refractivity contribution in [3.05, 3.63) is 12.2 Å². The van der Waals surface area contributed by atoms with Crippen LogP contribution in [0.3, 0.4) is 0 Å². The zero-order valence-corrected chi connectivity index (χ0v) is 18.4. The number of hydrogen-bond acceptors (Lipinski definition) is 7. The molecule has 0 aromatic carbocycles. The summed E-state index contributed by atoms with van der Waals surface area (Å²) < 4.78 is 41.3. The quantitative estimate of drug-likeness (QED) is 0.280. The van der Waals surface area contributed by atoms with Gasteiger partial charge in [0.1, 0.15) is 12.2 Å². The summed E-state index contributed by atoms with van der Waals surface area (Å²) in [5.41, 5.74) is 0.0408. The largest absolute Gasteiger partial charge is 0.460 e. The zero-order chi connectivity index (χ0) is 21.6. The third-order valence-corrected chi connectivity index (χ3v) is 6.64. The van der Waals surface area contributed by atoms with Crippen molar-refractivity contribution in [3.8, 4) is 0 Å². The molecule has 29 heavy (non-hydrogen) atoms. The highest BCUT2D eigenvalue weighted by molar-refractivity contribution is 7.88. The van der Waals surface area contributed by atoms with Crippen molar-refractivity contribution in [2.24, 2.45) is 11.8 Å². The van der Waals surface area contributed by atoms with Gasteiger partial charge in [-0.25, -0.2) is 17.5 Å². The third-order valence-electron chi connectivity index (χ3n) is 5.40. The molecule has 3 unspecified atom stereocenters. The fourth-order valence-corrected chi connectivity index (χ4v) is 4.77. The van der Waals surface area contributed by atoms with Crippen LogP contribution in [-0.2, 0) is 33.8 Å². The molecule has 1 aliphatic heterocycles. The van der Waals surface area contributed by atoms with Gasteiger partial charge in [0.05, 0.1) is 19.3 Å². The number of esters is 2. The van der Waals surface area contributed by atoms with Crippen LogP contribution in [0.15, 0.2) is 12.2 Å². The van der Waals surface area contributed by atoms with E-state index in [1.54, 1.807) is 6.92 Å². The normalized spacial score (nSPS) is 25.4. The first-order chi connectivity index (χ1) is 13.6. The molecule has 2 aliphatic rings. The number of sulfonamides is 1. The van der Waals surface area contributed by atoms with E-state index < -0.39 is 28.1 Å². The van der Waals surface area contributed by atoms with Gasteiger partial charge in [0, 0.05) is 37.1 Å². The van der Waals surface area contributed by atoms with E-state index in [2.05, 4.69) is 13.5 Å². The number of carbonyl (C=O) groups excluding carboxylic acids is 2. The molecule has 0 radical (unpaired) electrons. The average Bonchev–Trinajstić information content (AvgIpc) is 2.85. The van der Waals surface area contributed by atoms with Crippen molar-refractivity contribution >= 4 is 22.0 Å². The highest BCUT2D eigenvalue weighted by atomic mass is 32.2. The van der Waals surface area contributed by atoms with Crippen LogP contribution >= 0.6 is 0 Å². The first kappa shape index (κ1) is 23.8. The van der Waals surface area contributed by atoms with Crippen LogP contribution in [0.1, 0.15) is 46.0 Å². The molecule has 2 fully saturated rings. The summed E-state index contributed by atoms with van der Waals surface area (Å²) in [7, 11) is -3.25. The highest BCUT2D eigenvalue weighted by Crippen LogP contribution is 2.40. The van der Waals surface area contributed by atoms with Gasteiger partial charge < -0.3 is 14.2 Å². The number of piperidine rings is 1. The number of ether oxygens (including phenoxy) is 3. The van der Waals surface area contributed by atoms with Gasteiger partial charge in [0.15, 0.2) is 0 Å². The van der Waals surface area contributed by atoms with Crippen LogP contribution in [0.25, 0.3) is 0 Å². The van der Waals surface area contributed by atoms with E-state index in [1.165, 1.54) is 10.6 Å². The second-order valence-corrected chi connectivity index (χ2v) is 10.0. The molecule has 1 saturated carbocycles. The Hall–Kier alpha value is -1.45. The lowest BCUT2D eigenvalue weighted by molar-refractivity contribution is -0.155. The monoisotopic (exact) mass is 431 g/mol. The zero-order valence-electron chi connectivity index (χ0n) is 17.6. The molecule has 8 nitrogen and oxygen atoms in total. The number of unbranched alkanes of at least 4 members (excludes halogenated alkanes) is 1. The molecule has 166 valence electrons. The first-order valence-electron chi connectivity index (χ1n) is 10.2. The second kappa shape index (κ2) is 10.5. The number of hydrogen-bond donors (Lipinski definition) is 0. The summed E-state index contributed by atoms with van der Waals surface area (Å²) in [6, 6.07) is 0. The molecule has 9 heteroatoms. The highest BCUT2D eigenvalue weighted by Gasteiger charge is 2.46. The minimum atomic E-state index is -3.25. The predicted molar refractivity (Wildman–Crippen MR) is 108 cm³/mol. The van der Waals surface area contributed by atoms with Crippen molar-refractivity contribution in [1.82, 2.24) is 4.31 Å². The van der Waals surface area contributed by atoms with Gasteiger partial charge in [-0.1, -0.05) is 19.9 Å². The molecule has 2 bridgehead atoms. The van der Waals surface area contributed by atoms with E-state index in [0.717, 1.165) is 25.7 Å².